The minimum absolute atomic E-state index is 0.0550. The Labute approximate surface area is 119 Å². The summed E-state index contributed by atoms with van der Waals surface area (Å²) in [6.07, 6.45) is 0. The maximum atomic E-state index is 6.43. The van der Waals surface area contributed by atoms with Crippen LogP contribution in [0.2, 0.25) is 0 Å². The first kappa shape index (κ1) is 12.1. The molecule has 1 unspecified atom stereocenters. The molecule has 0 aromatic carbocycles. The van der Waals surface area contributed by atoms with Crippen molar-refractivity contribution in [3.05, 3.63) is 41.1 Å². The second kappa shape index (κ2) is 4.88. The molecule has 0 bridgehead atoms. The first-order valence-corrected chi connectivity index (χ1v) is 7.88. The monoisotopic (exact) mass is 384 g/mol. The summed E-state index contributed by atoms with van der Waals surface area (Å²) in [4.78, 5) is 2.49. The molecule has 0 saturated carbocycles. The zero-order valence-corrected chi connectivity index (χ0v) is 13.3. The largest absolute Gasteiger partial charge is 0.144 e. The molecule has 2 rings (SSSR count). The van der Waals surface area contributed by atoms with Crippen molar-refractivity contribution in [1.82, 2.24) is 0 Å². The lowest BCUT2D eigenvalue weighted by Gasteiger charge is -2.05. The van der Waals surface area contributed by atoms with Gasteiger partial charge < -0.3 is 0 Å². The lowest BCUT2D eigenvalue weighted by atomic mass is 10.2. The SMILES string of the molecule is Cc1ccc(C(Cl)c2cc(Br)sc2Br)s1. The van der Waals surface area contributed by atoms with E-state index in [0.29, 0.717) is 0 Å². The summed E-state index contributed by atoms with van der Waals surface area (Å²) < 4.78 is 2.20. The molecule has 0 aliphatic heterocycles. The highest BCUT2D eigenvalue weighted by Crippen LogP contribution is 2.42. The third kappa shape index (κ3) is 2.67. The van der Waals surface area contributed by atoms with Gasteiger partial charge in [0.1, 0.15) is 0 Å². The van der Waals surface area contributed by atoms with Crippen LogP contribution >= 0.6 is 66.1 Å². The zero-order chi connectivity index (χ0) is 11.0. The molecule has 0 saturated heterocycles. The predicted octanol–water partition coefficient (Wildman–Crippen LogP) is 5.97. The van der Waals surface area contributed by atoms with Gasteiger partial charge in [-0.05, 0) is 57.0 Å². The van der Waals surface area contributed by atoms with Crippen LogP contribution in [-0.2, 0) is 0 Å². The molecule has 1 atom stereocenters. The normalized spacial score (nSPS) is 13.1. The molecule has 0 aliphatic rings. The van der Waals surface area contributed by atoms with Crippen molar-refractivity contribution in [2.45, 2.75) is 12.3 Å². The molecule has 80 valence electrons. The topological polar surface area (TPSA) is 0 Å². The summed E-state index contributed by atoms with van der Waals surface area (Å²) in [5.74, 6) is 0. The summed E-state index contributed by atoms with van der Waals surface area (Å²) >= 11 is 16.8. The van der Waals surface area contributed by atoms with Gasteiger partial charge in [0.15, 0.2) is 0 Å². The van der Waals surface area contributed by atoms with E-state index in [2.05, 4.69) is 57.0 Å². The molecular formula is C10H7Br2ClS2. The molecule has 5 heteroatoms. The molecule has 0 spiro atoms. The molecule has 2 aromatic heterocycles. The van der Waals surface area contributed by atoms with Crippen molar-refractivity contribution in [1.29, 1.82) is 0 Å². The van der Waals surface area contributed by atoms with Gasteiger partial charge in [-0.3, -0.25) is 0 Å². The van der Waals surface area contributed by atoms with Gasteiger partial charge >= 0.3 is 0 Å². The van der Waals surface area contributed by atoms with Crippen LogP contribution in [0, 0.1) is 6.92 Å². The Morgan fingerprint density at radius 3 is 2.47 bits per heavy atom. The second-order valence-corrected chi connectivity index (χ2v) is 8.60. The van der Waals surface area contributed by atoms with Crippen LogP contribution in [0.3, 0.4) is 0 Å². The molecule has 0 amide bonds. The van der Waals surface area contributed by atoms with Crippen LogP contribution in [0.15, 0.2) is 25.8 Å². The fourth-order valence-corrected chi connectivity index (χ4v) is 5.62. The molecule has 0 N–H and O–H groups in total. The fourth-order valence-electron chi connectivity index (χ4n) is 1.27. The number of thiophene rings is 2. The Balaban J connectivity index is 2.35. The van der Waals surface area contributed by atoms with E-state index in [4.69, 9.17) is 11.6 Å². The highest BCUT2D eigenvalue weighted by atomic mass is 79.9. The standard InChI is InChI=1S/C10H7Br2ClS2/c1-5-2-3-7(14-5)9(13)6-4-8(11)15-10(6)12/h2-4,9H,1H3. The average molecular weight is 387 g/mol. The fraction of sp³-hybridized carbons (Fsp3) is 0.200. The van der Waals surface area contributed by atoms with Gasteiger partial charge in [-0.2, -0.15) is 0 Å². The van der Waals surface area contributed by atoms with E-state index in [-0.39, 0.29) is 5.38 Å². The van der Waals surface area contributed by atoms with E-state index in [1.54, 1.807) is 22.7 Å². The number of halogens is 3. The zero-order valence-electron chi connectivity index (χ0n) is 7.76. The average Bonchev–Trinajstić information content (AvgIpc) is 2.71. The van der Waals surface area contributed by atoms with Gasteiger partial charge in [0, 0.05) is 15.3 Å². The van der Waals surface area contributed by atoms with Crippen LogP contribution in [-0.4, -0.2) is 0 Å². The van der Waals surface area contributed by atoms with Crippen molar-refractivity contribution < 1.29 is 0 Å². The van der Waals surface area contributed by atoms with Crippen molar-refractivity contribution >= 4 is 66.1 Å². The Hall–Kier alpha value is 0.650. The highest BCUT2D eigenvalue weighted by molar-refractivity contribution is 9.12. The van der Waals surface area contributed by atoms with Gasteiger partial charge in [-0.1, -0.05) is 0 Å². The van der Waals surface area contributed by atoms with E-state index < -0.39 is 0 Å². The summed E-state index contributed by atoms with van der Waals surface area (Å²) in [6, 6.07) is 6.27. The van der Waals surface area contributed by atoms with E-state index in [0.717, 1.165) is 13.1 Å². The minimum Gasteiger partial charge on any atom is -0.144 e. The molecule has 2 heterocycles. The van der Waals surface area contributed by atoms with E-state index in [1.807, 2.05) is 0 Å². The number of hydrogen-bond acceptors (Lipinski definition) is 2. The van der Waals surface area contributed by atoms with Crippen molar-refractivity contribution in [3.63, 3.8) is 0 Å². The third-order valence-corrected chi connectivity index (χ3v) is 6.02. The first-order chi connectivity index (χ1) is 7.08. The summed E-state index contributed by atoms with van der Waals surface area (Å²) in [7, 11) is 0. The summed E-state index contributed by atoms with van der Waals surface area (Å²) in [5.41, 5.74) is 1.13. The highest BCUT2D eigenvalue weighted by Gasteiger charge is 2.17. The summed E-state index contributed by atoms with van der Waals surface area (Å²) in [5, 5.41) is -0.0550. The van der Waals surface area contributed by atoms with Gasteiger partial charge in [0.25, 0.3) is 0 Å². The Kier molecular flexibility index (Phi) is 3.94. The quantitative estimate of drug-likeness (QED) is 0.558. The molecule has 2 aromatic rings. The lowest BCUT2D eigenvalue weighted by molar-refractivity contribution is 1.19. The predicted molar refractivity (Wildman–Crippen MR) is 76.5 cm³/mol. The number of hydrogen-bond donors (Lipinski definition) is 0. The third-order valence-electron chi connectivity index (χ3n) is 1.97. The first-order valence-electron chi connectivity index (χ1n) is 4.23. The smallest absolute Gasteiger partial charge is 0.0947 e. The maximum Gasteiger partial charge on any atom is 0.0947 e. The van der Waals surface area contributed by atoms with Crippen molar-refractivity contribution in [3.8, 4) is 0 Å². The van der Waals surface area contributed by atoms with Crippen molar-refractivity contribution in [2.24, 2.45) is 0 Å². The van der Waals surface area contributed by atoms with Crippen LogP contribution in [0.1, 0.15) is 20.7 Å². The number of aryl methyl sites for hydroxylation is 1. The van der Waals surface area contributed by atoms with Crippen molar-refractivity contribution in [2.75, 3.05) is 0 Å². The molecule has 0 nitrogen and oxygen atoms in total. The number of rotatable bonds is 2. The second-order valence-electron chi connectivity index (χ2n) is 3.09. The van der Waals surface area contributed by atoms with Gasteiger partial charge in [-0.15, -0.1) is 34.3 Å². The Bertz CT molecular complexity index is 475. The van der Waals surface area contributed by atoms with Crippen LogP contribution in [0.4, 0.5) is 0 Å². The van der Waals surface area contributed by atoms with Crippen LogP contribution < -0.4 is 0 Å². The Morgan fingerprint density at radius 2 is 2.00 bits per heavy atom. The molecule has 0 aliphatic carbocycles. The van der Waals surface area contributed by atoms with Gasteiger partial charge in [-0.25, -0.2) is 0 Å². The Morgan fingerprint density at radius 1 is 1.27 bits per heavy atom. The molecule has 0 radical (unpaired) electrons. The van der Waals surface area contributed by atoms with E-state index >= 15 is 0 Å². The summed E-state index contributed by atoms with van der Waals surface area (Å²) in [6.45, 7) is 2.09. The molecular weight excluding hydrogens is 380 g/mol. The minimum atomic E-state index is -0.0550. The van der Waals surface area contributed by atoms with Crippen LogP contribution in [0.25, 0.3) is 0 Å². The maximum absolute atomic E-state index is 6.43. The van der Waals surface area contributed by atoms with Gasteiger partial charge in [0.2, 0.25) is 0 Å². The molecule has 0 fully saturated rings. The van der Waals surface area contributed by atoms with E-state index in [1.165, 1.54) is 9.75 Å². The van der Waals surface area contributed by atoms with E-state index in [9.17, 15) is 0 Å². The van der Waals surface area contributed by atoms with Gasteiger partial charge in [0.05, 0.1) is 12.9 Å². The number of alkyl halides is 1. The van der Waals surface area contributed by atoms with Crippen LogP contribution in [0.5, 0.6) is 0 Å². The lowest BCUT2D eigenvalue weighted by Crippen LogP contribution is -1.87. The molecule has 15 heavy (non-hydrogen) atoms.